The zero-order chi connectivity index (χ0) is 86.4. The zero-order valence-corrected chi connectivity index (χ0v) is 72.5. The lowest BCUT2D eigenvalue weighted by molar-refractivity contribution is -0.295. The first-order valence-corrected chi connectivity index (χ1v) is 43.4. The molecular weight excluding hydrogens is 1550 g/mol. The maximum Gasteiger partial charge on any atom is 0.234 e. The largest absolute Gasteiger partial charge is 0.394 e. The summed E-state index contributed by atoms with van der Waals surface area (Å²) in [4.78, 5) is 129. The summed E-state index contributed by atoms with van der Waals surface area (Å²) >= 11 is 11.9. The summed E-state index contributed by atoms with van der Waals surface area (Å²) in [7, 11) is 0. The standard InChI is InChI=1S/C31H55N3O8S2.C19H36N2O7S.C15H30N2O6.C11H20ClNO2.C2H4/c1-4-25(12-6-9-15-33-29(40)20-43-19-27(38)18-35)28(39)17-26(24(3)37)13-7-10-16-34-31(42)22-44-21-30(41)32-14-8-5-11-23(2)36;1-11(18(26)21-8-5-7-20-15(23)6-4-9-29)13(3)27-19-12(2)16(24)17(25)14(10-22)28-19;1-8(14(21)17-6-4-5-16)10(3)22-15-9(2)12(19)13(20)11(7-18)23-15;1-3-10(9(2)14)6-4-5-7-13-11(15)8-12;1-2/h25-27,35,38H,4-22H2,1-3H3,(H,32,41)(H,33,40)(H,34,42);11-14,16-17,19,22,24-25,29H,4-10H2,1-3H3,(H,20,23)(H,21,26);8-13,15,18-20H,4-7,16H2,1-3H3,(H,17,21);10H,3-8H2,1-2H3,(H,13,15);1-2H2/t25-,26+,27?;11?,12?,13?,14?,16-,17+,19+;8?,9?,10?,11?,12-,13+,15+;10-;/m0110./s1. The number of hydrogen-bond donors (Lipinski definition) is 17. The molecule has 35 heteroatoms. The molecule has 0 aromatic rings. The van der Waals surface area contributed by atoms with Gasteiger partial charge in [-0.3, -0.25) is 47.9 Å². The molecular formula is C78H145ClN8O23S3. The Bertz CT molecular complexity index is 2620. The summed E-state index contributed by atoms with van der Waals surface area (Å²) in [5.74, 6) is -0.945. The van der Waals surface area contributed by atoms with E-state index in [0.717, 1.165) is 57.8 Å². The predicted octanol–water partition coefficient (Wildman–Crippen LogP) is 3.38. The Morgan fingerprint density at radius 2 is 0.885 bits per heavy atom. The second kappa shape index (κ2) is 70.5. The molecule has 2 aliphatic rings. The van der Waals surface area contributed by atoms with E-state index in [4.69, 9.17) is 41.4 Å². The van der Waals surface area contributed by atoms with E-state index in [2.05, 4.69) is 63.0 Å². The van der Waals surface area contributed by atoms with Gasteiger partial charge in [-0.15, -0.1) is 48.3 Å². The van der Waals surface area contributed by atoms with Crippen LogP contribution in [0.5, 0.6) is 0 Å². The van der Waals surface area contributed by atoms with E-state index in [0.29, 0.717) is 122 Å². The average Bonchev–Trinajstić information content (AvgIpc) is 0.819. The number of ether oxygens (including phenoxy) is 4. The van der Waals surface area contributed by atoms with E-state index in [9.17, 15) is 88.5 Å². The lowest BCUT2D eigenvalue weighted by Gasteiger charge is -2.42. The Hall–Kier alpha value is -4.47. The van der Waals surface area contributed by atoms with Gasteiger partial charge >= 0.3 is 0 Å². The third-order valence-electron chi connectivity index (χ3n) is 19.1. The number of halogens is 1. The SMILES string of the molecule is C=C.CC(O[C@H]1OC(CO)[C@H](O)[C@H](O)C1C)C(C)C(=O)NCCCN.CC(O[C@H]1OC(CO)[C@H](O)[C@H](O)C1C)C(C)C(=O)NCCCNC(=O)CCCS.CC[C@@H](CCCCNC(=O)CCl)C(C)=O.CC[C@@H](CCCCNC(=O)CSCC(O)CO)C(=O)C[C@@H](CCCCNC(=O)CSCC(=O)NCCCCC(C)=O)C(C)=O. The van der Waals surface area contributed by atoms with Gasteiger partial charge in [0.15, 0.2) is 12.6 Å². The number of hydrogen-bond acceptors (Lipinski definition) is 27. The number of aliphatic hydroxyl groups excluding tert-OH is 8. The molecule has 660 valence electrons. The molecule has 0 aromatic heterocycles. The van der Waals surface area contributed by atoms with E-state index in [1.807, 2.05) is 13.8 Å². The van der Waals surface area contributed by atoms with Crippen LogP contribution in [0.1, 0.15) is 198 Å². The van der Waals surface area contributed by atoms with Crippen molar-refractivity contribution in [2.24, 2.45) is 47.2 Å². The van der Waals surface area contributed by atoms with Crippen molar-refractivity contribution in [3.63, 3.8) is 0 Å². The van der Waals surface area contributed by atoms with Crippen LogP contribution in [0.2, 0.25) is 0 Å². The molecule has 7 amide bonds. The van der Waals surface area contributed by atoms with E-state index >= 15 is 0 Å². The summed E-state index contributed by atoms with van der Waals surface area (Å²) in [5, 5.41) is 95.9. The fraction of sp³-hybridized carbons (Fsp3) is 0.833. The number of nitrogens with one attached hydrogen (secondary N) is 7. The Morgan fingerprint density at radius 1 is 0.504 bits per heavy atom. The topological polar surface area (TPSA) is 497 Å². The van der Waals surface area contributed by atoms with Crippen LogP contribution >= 0.6 is 47.8 Å². The van der Waals surface area contributed by atoms with Crippen molar-refractivity contribution in [3.8, 4) is 0 Å². The van der Waals surface area contributed by atoms with Crippen molar-refractivity contribution in [1.29, 1.82) is 0 Å². The summed E-state index contributed by atoms with van der Waals surface area (Å²) in [6, 6.07) is 0. The number of thiol groups is 1. The average molecular weight is 1690 g/mol. The molecule has 0 radical (unpaired) electrons. The minimum absolute atomic E-state index is 0.00198. The van der Waals surface area contributed by atoms with Crippen LogP contribution in [0.3, 0.4) is 0 Å². The highest BCUT2D eigenvalue weighted by atomic mass is 35.5. The van der Waals surface area contributed by atoms with Crippen molar-refractivity contribution in [3.05, 3.63) is 13.2 Å². The highest BCUT2D eigenvalue weighted by Crippen LogP contribution is 2.31. The van der Waals surface area contributed by atoms with E-state index in [1.165, 1.54) is 30.4 Å². The predicted molar refractivity (Wildman–Crippen MR) is 444 cm³/mol. The highest BCUT2D eigenvalue weighted by Gasteiger charge is 2.45. The first-order valence-electron chi connectivity index (χ1n) is 40.0. The van der Waals surface area contributed by atoms with Gasteiger partial charge in [0.25, 0.3) is 0 Å². The third-order valence-corrected chi connectivity index (χ3v) is 21.7. The van der Waals surface area contributed by atoms with E-state index < -0.39 is 104 Å². The first kappa shape index (κ1) is 113. The molecule has 31 nitrogen and oxygen atoms in total. The van der Waals surface area contributed by atoms with Gasteiger partial charge in [-0.05, 0) is 130 Å². The number of Topliss-reactive ketones (excluding diaryl/α,β-unsaturated/α-hetero) is 4. The molecule has 18 atom stereocenters. The molecule has 2 saturated heterocycles. The number of rotatable bonds is 57. The first-order chi connectivity index (χ1) is 53.7. The summed E-state index contributed by atoms with van der Waals surface area (Å²) < 4.78 is 22.6. The van der Waals surface area contributed by atoms with Crippen LogP contribution in [-0.2, 0) is 71.7 Å². The molecule has 113 heavy (non-hydrogen) atoms. The minimum Gasteiger partial charge on any atom is -0.394 e. The lowest BCUT2D eigenvalue weighted by atomic mass is 9.85. The number of ketones is 4. The molecule has 17 N–H and O–H groups in total. The molecule has 0 spiro atoms. The van der Waals surface area contributed by atoms with Crippen molar-refractivity contribution in [1.82, 2.24) is 37.2 Å². The van der Waals surface area contributed by atoms with Crippen LogP contribution in [0.15, 0.2) is 13.2 Å². The van der Waals surface area contributed by atoms with Crippen LogP contribution in [0, 0.1) is 41.4 Å². The Balaban J connectivity index is -0.00000151. The second-order valence-corrected chi connectivity index (χ2v) is 31.2. The number of carbonyl (C=O) groups is 11. The van der Waals surface area contributed by atoms with Gasteiger partial charge in [0.1, 0.15) is 53.4 Å². The molecule has 2 rings (SSSR count). The third kappa shape index (κ3) is 54.3. The second-order valence-electron chi connectivity index (χ2n) is 28.5. The number of thioether (sulfide) groups is 2. The van der Waals surface area contributed by atoms with Crippen LogP contribution < -0.4 is 43.0 Å². The van der Waals surface area contributed by atoms with Crippen LogP contribution in [-0.4, -0.2) is 280 Å². The number of aliphatic hydroxyl groups is 8. The van der Waals surface area contributed by atoms with Gasteiger partial charge in [0, 0.05) is 100 Å². The van der Waals surface area contributed by atoms with Gasteiger partial charge in [-0.2, -0.15) is 12.6 Å². The van der Waals surface area contributed by atoms with Crippen molar-refractivity contribution in [2.75, 3.05) is 107 Å². The molecule has 0 aromatic carbocycles. The van der Waals surface area contributed by atoms with Gasteiger partial charge in [0.05, 0.1) is 79.4 Å². The minimum atomic E-state index is -1.19. The number of alkyl halides is 1. The van der Waals surface area contributed by atoms with Crippen LogP contribution in [0.25, 0.3) is 0 Å². The number of unbranched alkanes of at least 4 members (excludes halogenated alkanes) is 4. The molecule has 2 fully saturated rings. The fourth-order valence-corrected chi connectivity index (χ4v) is 12.9. The van der Waals surface area contributed by atoms with Crippen molar-refractivity contribution >= 4 is 112 Å². The van der Waals surface area contributed by atoms with Gasteiger partial charge in [-0.1, -0.05) is 60.8 Å². The van der Waals surface area contributed by atoms with Crippen molar-refractivity contribution < 1.29 is 113 Å². The van der Waals surface area contributed by atoms with Crippen molar-refractivity contribution in [2.45, 2.75) is 266 Å². The normalized spacial score (nSPS) is 21.1. The smallest absolute Gasteiger partial charge is 0.234 e. The Labute approximate surface area is 691 Å². The number of amides is 7. The molecule has 9 unspecified atom stereocenters. The van der Waals surface area contributed by atoms with Gasteiger partial charge < -0.3 is 108 Å². The molecule has 0 saturated carbocycles. The Morgan fingerprint density at radius 3 is 1.27 bits per heavy atom. The van der Waals surface area contributed by atoms with Gasteiger partial charge in [-0.25, -0.2) is 0 Å². The highest BCUT2D eigenvalue weighted by molar-refractivity contribution is 8.00. The van der Waals surface area contributed by atoms with E-state index in [-0.39, 0.29) is 118 Å². The fourth-order valence-electron chi connectivity index (χ4n) is 11.2. The maximum atomic E-state index is 12.9. The van der Waals surface area contributed by atoms with Gasteiger partial charge in [0.2, 0.25) is 41.4 Å². The molecule has 2 aliphatic heterocycles. The van der Waals surface area contributed by atoms with E-state index in [1.54, 1.807) is 55.4 Å². The summed E-state index contributed by atoms with van der Waals surface area (Å²) in [6.07, 6.45) is 3.60. The molecule has 0 aliphatic carbocycles. The maximum absolute atomic E-state index is 12.9. The molecule has 0 bridgehead atoms. The summed E-state index contributed by atoms with van der Waals surface area (Å²) in [6.45, 7) is 27.9. The van der Waals surface area contributed by atoms with Crippen LogP contribution in [0.4, 0.5) is 0 Å². The quantitative estimate of drug-likeness (QED) is 0.0180. The Kier molecular flexibility index (Phi) is 70.3. The number of carbonyl (C=O) groups excluding carboxylic acids is 11. The zero-order valence-electron chi connectivity index (χ0n) is 69.2. The monoisotopic (exact) mass is 1690 g/mol. The molecule has 2 heterocycles. The number of nitrogens with two attached hydrogens (primary N) is 1. The summed E-state index contributed by atoms with van der Waals surface area (Å²) in [5.41, 5.74) is 5.38. The lowest BCUT2D eigenvalue weighted by Crippen LogP contribution is -2.56.